The van der Waals surface area contributed by atoms with E-state index in [0.717, 1.165) is 28.1 Å². The highest BCUT2D eigenvalue weighted by atomic mass is 127. The van der Waals surface area contributed by atoms with Crippen LogP contribution >= 0.6 is 22.6 Å². The van der Waals surface area contributed by atoms with Gasteiger partial charge in [0.15, 0.2) is 0 Å². The molecule has 0 aliphatic carbocycles. The number of nitrogens with zero attached hydrogens (tertiary/aromatic N) is 2. The molecule has 2 rings (SSSR count). The van der Waals surface area contributed by atoms with E-state index in [0.29, 0.717) is 13.1 Å². The normalized spacial score (nSPS) is 18.7. The first-order valence-corrected chi connectivity index (χ1v) is 8.39. The van der Waals surface area contributed by atoms with Gasteiger partial charge in [0.25, 0.3) is 0 Å². The summed E-state index contributed by atoms with van der Waals surface area (Å²) in [5.74, 6) is 1.04. The summed E-state index contributed by atoms with van der Waals surface area (Å²) in [7, 11) is 0. The van der Waals surface area contributed by atoms with Crippen molar-refractivity contribution < 1.29 is 9.53 Å². The van der Waals surface area contributed by atoms with Gasteiger partial charge in [0.2, 0.25) is 0 Å². The molecular weight excluding hydrogens is 381 g/mol. The van der Waals surface area contributed by atoms with Crippen LogP contribution in [-0.2, 0) is 10.2 Å². The molecule has 1 amide bonds. The van der Waals surface area contributed by atoms with Crippen LogP contribution in [0, 0.1) is 10.6 Å². The largest absolute Gasteiger partial charge is 0.444 e. The molecule has 0 atom stereocenters. The maximum atomic E-state index is 12.1. The molecule has 1 aromatic heterocycles. The van der Waals surface area contributed by atoms with Gasteiger partial charge in [-0.25, -0.2) is 9.78 Å². The van der Waals surface area contributed by atoms with Gasteiger partial charge in [-0.15, -0.1) is 0 Å². The predicted molar refractivity (Wildman–Crippen MR) is 90.4 cm³/mol. The molecule has 1 saturated heterocycles. The molecule has 0 aromatic carbocycles. The molecule has 1 N–H and O–H groups in total. The molecule has 6 heteroatoms. The van der Waals surface area contributed by atoms with Crippen LogP contribution in [0.4, 0.5) is 4.79 Å². The highest BCUT2D eigenvalue weighted by Gasteiger charge is 2.37. The first kappa shape index (κ1) is 16.6. The number of hydrogen-bond acceptors (Lipinski definition) is 3. The molecule has 0 saturated carbocycles. The maximum absolute atomic E-state index is 12.1. The summed E-state index contributed by atoms with van der Waals surface area (Å²) in [6, 6.07) is 0. The number of aryl methyl sites for hydroxylation is 1. The van der Waals surface area contributed by atoms with E-state index in [9.17, 15) is 4.79 Å². The van der Waals surface area contributed by atoms with Gasteiger partial charge in [0.1, 0.15) is 15.1 Å². The number of H-pyrrole nitrogens is 1. The number of aromatic amines is 1. The molecule has 2 heterocycles. The molecule has 21 heavy (non-hydrogen) atoms. The minimum absolute atomic E-state index is 0.00664. The molecule has 0 spiro atoms. The number of aromatic nitrogens is 2. The number of rotatable bonds is 1. The summed E-state index contributed by atoms with van der Waals surface area (Å²) in [4.78, 5) is 21.9. The lowest BCUT2D eigenvalue weighted by Gasteiger charge is -2.38. The lowest BCUT2D eigenvalue weighted by atomic mass is 9.80. The molecule has 0 unspecified atom stereocenters. The second-order valence-electron chi connectivity index (χ2n) is 7.01. The van der Waals surface area contributed by atoms with Crippen LogP contribution in [0.1, 0.15) is 52.1 Å². The number of hydrogen-bond donors (Lipinski definition) is 1. The fourth-order valence-corrected chi connectivity index (χ4v) is 2.85. The topological polar surface area (TPSA) is 58.2 Å². The van der Waals surface area contributed by atoms with Crippen molar-refractivity contribution in [1.29, 1.82) is 0 Å². The van der Waals surface area contributed by atoms with Crippen LogP contribution in [0.2, 0.25) is 0 Å². The van der Waals surface area contributed by atoms with Crippen LogP contribution in [0.3, 0.4) is 0 Å². The second kappa shape index (κ2) is 5.78. The van der Waals surface area contributed by atoms with Gasteiger partial charge in [0.05, 0.1) is 5.69 Å². The minimum Gasteiger partial charge on any atom is -0.444 e. The SMILES string of the molecule is Cc1nc(C2(C)CCN(C(=O)OC(C)(C)C)CC2)[nH]c1I. The van der Waals surface area contributed by atoms with E-state index in [1.807, 2.05) is 27.7 Å². The van der Waals surface area contributed by atoms with Gasteiger partial charge in [0, 0.05) is 18.5 Å². The van der Waals surface area contributed by atoms with Crippen molar-refractivity contribution in [3.05, 3.63) is 15.2 Å². The van der Waals surface area contributed by atoms with E-state index in [1.165, 1.54) is 0 Å². The number of likely N-dealkylation sites (tertiary alicyclic amines) is 1. The van der Waals surface area contributed by atoms with Crippen LogP contribution in [0.25, 0.3) is 0 Å². The summed E-state index contributed by atoms with van der Waals surface area (Å²) in [5, 5.41) is 0. The molecule has 118 valence electrons. The summed E-state index contributed by atoms with van der Waals surface area (Å²) in [6.45, 7) is 11.3. The van der Waals surface area contributed by atoms with Gasteiger partial charge in [-0.1, -0.05) is 6.92 Å². The van der Waals surface area contributed by atoms with Gasteiger partial charge in [-0.05, 0) is 63.1 Å². The summed E-state index contributed by atoms with van der Waals surface area (Å²) in [5.41, 5.74) is 0.611. The Hall–Kier alpha value is -0.790. The third-order valence-electron chi connectivity index (χ3n) is 3.92. The number of amides is 1. The third-order valence-corrected chi connectivity index (χ3v) is 4.97. The van der Waals surface area contributed by atoms with Crippen molar-refractivity contribution in [3.8, 4) is 0 Å². The summed E-state index contributed by atoms with van der Waals surface area (Å²) < 4.78 is 6.53. The van der Waals surface area contributed by atoms with Gasteiger partial charge in [-0.2, -0.15) is 0 Å². The lowest BCUT2D eigenvalue weighted by Crippen LogP contribution is -2.46. The summed E-state index contributed by atoms with van der Waals surface area (Å²) >= 11 is 2.27. The predicted octanol–water partition coefficient (Wildman–Crippen LogP) is 3.61. The third kappa shape index (κ3) is 3.90. The van der Waals surface area contributed by atoms with E-state index < -0.39 is 5.60 Å². The highest BCUT2D eigenvalue weighted by molar-refractivity contribution is 14.1. The average molecular weight is 405 g/mol. The second-order valence-corrected chi connectivity index (χ2v) is 8.09. The number of carbonyl (C=O) groups is 1. The zero-order chi connectivity index (χ0) is 15.8. The number of nitrogens with one attached hydrogen (secondary N) is 1. The van der Waals surface area contributed by atoms with Crippen molar-refractivity contribution in [2.45, 2.75) is 58.5 Å². The number of carbonyl (C=O) groups excluding carboxylic acids is 1. The number of imidazole rings is 1. The molecule has 0 bridgehead atoms. The van der Waals surface area contributed by atoms with E-state index in [1.54, 1.807) is 4.90 Å². The quantitative estimate of drug-likeness (QED) is 0.727. The Bertz CT molecular complexity index is 506. The van der Waals surface area contributed by atoms with Crippen LogP contribution in [-0.4, -0.2) is 39.7 Å². The standard InChI is InChI=1S/C15H24IN3O2/c1-10-11(16)18-12(17-10)15(5)6-8-19(9-7-15)13(20)21-14(2,3)4/h6-9H2,1-5H3,(H,17,18). The first-order valence-electron chi connectivity index (χ1n) is 7.31. The van der Waals surface area contributed by atoms with Crippen molar-refractivity contribution >= 4 is 28.7 Å². The molecule has 1 aromatic rings. The van der Waals surface area contributed by atoms with Crippen molar-refractivity contribution in [2.24, 2.45) is 0 Å². The molecule has 1 aliphatic rings. The Morgan fingerprint density at radius 2 is 1.95 bits per heavy atom. The fourth-order valence-electron chi connectivity index (χ4n) is 2.47. The zero-order valence-corrected chi connectivity index (χ0v) is 15.6. The van der Waals surface area contributed by atoms with Crippen molar-refractivity contribution in [3.63, 3.8) is 0 Å². The van der Waals surface area contributed by atoms with E-state index in [4.69, 9.17) is 4.74 Å². The number of halogens is 1. The number of piperidine rings is 1. The Morgan fingerprint density at radius 1 is 1.38 bits per heavy atom. The van der Waals surface area contributed by atoms with Gasteiger partial charge in [-0.3, -0.25) is 0 Å². The smallest absolute Gasteiger partial charge is 0.410 e. The monoisotopic (exact) mass is 405 g/mol. The average Bonchev–Trinajstić information content (AvgIpc) is 2.69. The van der Waals surface area contributed by atoms with E-state index in [2.05, 4.69) is 39.5 Å². The molecule has 1 fully saturated rings. The van der Waals surface area contributed by atoms with Crippen molar-refractivity contribution in [1.82, 2.24) is 14.9 Å². The van der Waals surface area contributed by atoms with Gasteiger partial charge < -0.3 is 14.6 Å². The molecular formula is C15H24IN3O2. The molecule has 5 nitrogen and oxygen atoms in total. The van der Waals surface area contributed by atoms with E-state index in [-0.39, 0.29) is 11.5 Å². The fraction of sp³-hybridized carbons (Fsp3) is 0.733. The first-order chi connectivity index (χ1) is 9.61. The van der Waals surface area contributed by atoms with E-state index >= 15 is 0 Å². The Morgan fingerprint density at radius 3 is 2.38 bits per heavy atom. The lowest BCUT2D eigenvalue weighted by molar-refractivity contribution is 0.0168. The van der Waals surface area contributed by atoms with Crippen LogP contribution in [0.5, 0.6) is 0 Å². The Kier molecular flexibility index (Phi) is 4.56. The number of ether oxygens (including phenoxy) is 1. The zero-order valence-electron chi connectivity index (χ0n) is 13.4. The van der Waals surface area contributed by atoms with Crippen LogP contribution in [0.15, 0.2) is 0 Å². The maximum Gasteiger partial charge on any atom is 0.410 e. The molecule has 1 aliphatic heterocycles. The Labute approximate surface area is 140 Å². The molecule has 0 radical (unpaired) electrons. The highest BCUT2D eigenvalue weighted by Crippen LogP contribution is 2.34. The van der Waals surface area contributed by atoms with Crippen LogP contribution < -0.4 is 0 Å². The Balaban J connectivity index is 2.01. The van der Waals surface area contributed by atoms with Gasteiger partial charge >= 0.3 is 6.09 Å². The minimum atomic E-state index is -0.438. The van der Waals surface area contributed by atoms with Crippen molar-refractivity contribution in [2.75, 3.05) is 13.1 Å². The summed E-state index contributed by atoms with van der Waals surface area (Å²) in [6.07, 6.45) is 1.58.